The molecule has 4 rings (SSSR count). The second kappa shape index (κ2) is 11.0. The normalized spacial score (nSPS) is 20.9. The number of piperazine rings is 1. The molecule has 3 heterocycles. The summed E-state index contributed by atoms with van der Waals surface area (Å²) in [5, 5.41) is 22.2. The van der Waals surface area contributed by atoms with Crippen LogP contribution in [0, 0.1) is 24.7 Å². The molecule has 0 aliphatic carbocycles. The topological polar surface area (TPSA) is 98.9 Å². The summed E-state index contributed by atoms with van der Waals surface area (Å²) in [6, 6.07) is 7.49. The Bertz CT molecular complexity index is 1230. The summed E-state index contributed by atoms with van der Waals surface area (Å²) in [4.78, 5) is 25.7. The summed E-state index contributed by atoms with van der Waals surface area (Å²) in [7, 11) is 2.13. The highest BCUT2D eigenvalue weighted by molar-refractivity contribution is 7.17. The number of nitrogens with one attached hydrogen (secondary N) is 3. The number of benzene rings is 1. The molecule has 0 saturated carbocycles. The monoisotopic (exact) mass is 541 g/mol. The first-order valence-corrected chi connectivity index (χ1v) is 13.8. The minimum absolute atomic E-state index is 0.0163. The van der Waals surface area contributed by atoms with Gasteiger partial charge in [-0.05, 0) is 52.4 Å². The fourth-order valence-electron chi connectivity index (χ4n) is 4.80. The van der Waals surface area contributed by atoms with Crippen molar-refractivity contribution in [3.8, 4) is 0 Å². The molecular weight excluding hydrogens is 506 g/mol. The van der Waals surface area contributed by atoms with Crippen molar-refractivity contribution in [1.82, 2.24) is 15.1 Å². The second-order valence-corrected chi connectivity index (χ2v) is 11.8. The van der Waals surface area contributed by atoms with E-state index >= 15 is 0 Å². The molecule has 2 aliphatic heterocycles. The van der Waals surface area contributed by atoms with E-state index in [0.717, 1.165) is 65.0 Å². The number of halogens is 1. The number of thiophene rings is 1. The largest absolute Gasteiger partial charge is 0.355 e. The van der Waals surface area contributed by atoms with Crippen LogP contribution in [-0.4, -0.2) is 84.9 Å². The number of hydrogen-bond donors (Lipinski definition) is 3. The highest BCUT2D eigenvalue weighted by atomic mass is 35.5. The molecule has 3 N–H and O–H groups in total. The zero-order chi connectivity index (χ0) is 26.9. The first-order chi connectivity index (χ1) is 17.5. The third-order valence-electron chi connectivity index (χ3n) is 7.20. The highest BCUT2D eigenvalue weighted by Gasteiger charge is 2.42. The lowest BCUT2D eigenvalue weighted by Gasteiger charge is -2.33. The summed E-state index contributed by atoms with van der Waals surface area (Å²) in [5.74, 6) is 0.198. The minimum Gasteiger partial charge on any atom is -0.355 e. The molecular formula is C27H36ClN7OS. The molecule has 0 bridgehead atoms. The predicted octanol–water partition coefficient (Wildman–Crippen LogP) is 4.16. The molecule has 1 amide bonds. The SMILES string of the molecule is CC(=N)N1C(=N)[C@](C)(CC(=O)NCCN2CCN(C)CC2)N=C(c2ccc(Cl)cc2)c2c1sc(C)c2C. The third kappa shape index (κ3) is 5.80. The fourth-order valence-corrected chi connectivity index (χ4v) is 6.15. The fraction of sp³-hybridized carbons (Fsp3) is 0.481. The first-order valence-electron chi connectivity index (χ1n) is 12.6. The van der Waals surface area contributed by atoms with Gasteiger partial charge in [0.2, 0.25) is 5.91 Å². The smallest absolute Gasteiger partial charge is 0.222 e. The van der Waals surface area contributed by atoms with Crippen molar-refractivity contribution in [2.24, 2.45) is 4.99 Å². The summed E-state index contributed by atoms with van der Waals surface area (Å²) < 4.78 is 0. The summed E-state index contributed by atoms with van der Waals surface area (Å²) >= 11 is 7.73. The van der Waals surface area contributed by atoms with Gasteiger partial charge in [0.1, 0.15) is 22.2 Å². The molecule has 0 radical (unpaired) electrons. The van der Waals surface area contributed by atoms with Crippen LogP contribution in [0.4, 0.5) is 5.00 Å². The molecule has 37 heavy (non-hydrogen) atoms. The highest BCUT2D eigenvalue weighted by Crippen LogP contribution is 2.42. The molecule has 1 atom stereocenters. The van der Waals surface area contributed by atoms with Gasteiger partial charge in [0, 0.05) is 60.3 Å². The number of aryl methyl sites for hydroxylation is 1. The zero-order valence-electron chi connectivity index (χ0n) is 22.2. The molecule has 10 heteroatoms. The summed E-state index contributed by atoms with van der Waals surface area (Å²) in [5.41, 5.74) is 2.39. The number of anilines is 1. The van der Waals surface area contributed by atoms with Crippen molar-refractivity contribution in [1.29, 1.82) is 10.8 Å². The molecule has 8 nitrogen and oxygen atoms in total. The van der Waals surface area contributed by atoms with Gasteiger partial charge in [-0.2, -0.15) is 0 Å². The van der Waals surface area contributed by atoms with E-state index in [1.165, 1.54) is 0 Å². The van der Waals surface area contributed by atoms with E-state index in [0.29, 0.717) is 11.6 Å². The Morgan fingerprint density at radius 1 is 1.19 bits per heavy atom. The van der Waals surface area contributed by atoms with Crippen LogP contribution in [0.1, 0.15) is 41.8 Å². The average Bonchev–Trinajstić information content (AvgIpc) is 3.07. The summed E-state index contributed by atoms with van der Waals surface area (Å²) in [6.45, 7) is 13.0. The Kier molecular flexibility index (Phi) is 8.18. The predicted molar refractivity (Wildman–Crippen MR) is 154 cm³/mol. The molecule has 0 spiro atoms. The molecule has 0 unspecified atom stereocenters. The van der Waals surface area contributed by atoms with Crippen molar-refractivity contribution in [2.75, 3.05) is 51.2 Å². The van der Waals surface area contributed by atoms with Gasteiger partial charge in [-0.15, -0.1) is 11.3 Å². The van der Waals surface area contributed by atoms with Gasteiger partial charge >= 0.3 is 0 Å². The molecule has 2 aliphatic rings. The van der Waals surface area contributed by atoms with Crippen molar-refractivity contribution in [3.63, 3.8) is 0 Å². The Hall–Kier alpha value is -2.59. The number of carbonyl (C=O) groups excluding carboxylic acids is 1. The van der Waals surface area contributed by atoms with Crippen molar-refractivity contribution in [2.45, 2.75) is 39.7 Å². The molecule has 1 fully saturated rings. The van der Waals surface area contributed by atoms with Gasteiger partial charge in [-0.25, -0.2) is 0 Å². The molecule has 2 aromatic rings. The van der Waals surface area contributed by atoms with Crippen LogP contribution in [0.5, 0.6) is 0 Å². The van der Waals surface area contributed by atoms with Gasteiger partial charge in [0.05, 0.1) is 12.1 Å². The van der Waals surface area contributed by atoms with Gasteiger partial charge in [0.25, 0.3) is 0 Å². The van der Waals surface area contributed by atoms with Crippen LogP contribution in [0.2, 0.25) is 5.02 Å². The number of nitrogens with zero attached hydrogens (tertiary/aromatic N) is 4. The number of aliphatic imine (C=N–C) groups is 1. The Labute approximate surface area is 228 Å². The maximum absolute atomic E-state index is 13.2. The summed E-state index contributed by atoms with van der Waals surface area (Å²) in [6.07, 6.45) is 0.0163. The van der Waals surface area contributed by atoms with Crippen LogP contribution >= 0.6 is 22.9 Å². The van der Waals surface area contributed by atoms with Crippen molar-refractivity contribution < 1.29 is 4.79 Å². The van der Waals surface area contributed by atoms with Crippen molar-refractivity contribution >= 4 is 51.2 Å². The Morgan fingerprint density at radius 3 is 2.46 bits per heavy atom. The number of rotatable bonds is 6. The van der Waals surface area contributed by atoms with Gasteiger partial charge in [0.15, 0.2) is 0 Å². The van der Waals surface area contributed by atoms with Crippen LogP contribution in [-0.2, 0) is 4.79 Å². The number of amides is 1. The number of likely N-dealkylation sites (N-methyl/N-ethyl adjacent to an activating group) is 1. The lowest BCUT2D eigenvalue weighted by atomic mass is 9.94. The van der Waals surface area contributed by atoms with E-state index in [4.69, 9.17) is 22.0 Å². The van der Waals surface area contributed by atoms with Gasteiger partial charge in [-0.1, -0.05) is 23.7 Å². The van der Waals surface area contributed by atoms with Crippen molar-refractivity contribution in [3.05, 3.63) is 50.9 Å². The average molecular weight is 542 g/mol. The van der Waals surface area contributed by atoms with Crippen LogP contribution in [0.25, 0.3) is 0 Å². The van der Waals surface area contributed by atoms with Crippen LogP contribution < -0.4 is 10.2 Å². The van der Waals surface area contributed by atoms with E-state index in [1.54, 1.807) is 23.2 Å². The molecule has 198 valence electrons. The van der Waals surface area contributed by atoms with E-state index < -0.39 is 5.54 Å². The molecule has 1 aromatic carbocycles. The molecule has 1 saturated heterocycles. The standard InChI is InChI=1S/C27H36ClN7OS/c1-17-18(2)37-25-23(17)24(20-6-8-21(28)9-7-20)32-27(4,26(30)35(25)19(3)29)16-22(36)31-10-11-34-14-12-33(5)13-15-34/h6-9,29-30H,10-16H2,1-5H3,(H,31,36)/t27-/m0/s1. The van der Waals surface area contributed by atoms with E-state index in [1.807, 2.05) is 45.0 Å². The second-order valence-electron chi connectivity index (χ2n) is 10.1. The lowest BCUT2D eigenvalue weighted by Crippen LogP contribution is -2.50. The minimum atomic E-state index is -1.16. The molecule has 1 aromatic heterocycles. The van der Waals surface area contributed by atoms with E-state index in [9.17, 15) is 10.2 Å². The maximum atomic E-state index is 13.2. The van der Waals surface area contributed by atoms with Crippen LogP contribution in [0.3, 0.4) is 0 Å². The quantitative estimate of drug-likeness (QED) is 0.377. The number of carbonyl (C=O) groups is 1. The van der Waals surface area contributed by atoms with Gasteiger partial charge < -0.3 is 10.2 Å². The number of hydrogen-bond acceptors (Lipinski definition) is 7. The van der Waals surface area contributed by atoms with E-state index in [2.05, 4.69) is 22.2 Å². The lowest BCUT2D eigenvalue weighted by molar-refractivity contribution is -0.121. The Balaban J connectivity index is 1.65. The third-order valence-corrected chi connectivity index (χ3v) is 8.65. The maximum Gasteiger partial charge on any atom is 0.222 e. The number of amidine groups is 2. The van der Waals surface area contributed by atoms with Gasteiger partial charge in [-0.3, -0.25) is 30.4 Å². The zero-order valence-corrected chi connectivity index (χ0v) is 23.8. The number of fused-ring (bicyclic) bond motifs is 1. The van der Waals surface area contributed by atoms with E-state index in [-0.39, 0.29) is 24.0 Å². The Morgan fingerprint density at radius 2 is 1.84 bits per heavy atom. The first kappa shape index (κ1) is 27.4. The van der Waals surface area contributed by atoms with Crippen LogP contribution in [0.15, 0.2) is 29.3 Å².